The molecule has 0 fully saturated rings. The van der Waals surface area contributed by atoms with Crippen LogP contribution >= 0.6 is 0 Å². The number of rotatable bonds is 5. The molecule has 0 aromatic heterocycles. The first-order valence-corrected chi connectivity index (χ1v) is 6.21. The Morgan fingerprint density at radius 2 is 1.50 bits per heavy atom. The van der Waals surface area contributed by atoms with Crippen LogP contribution in [0.1, 0.15) is 11.5 Å². The second-order valence-electron chi connectivity index (χ2n) is 4.75. The quantitative estimate of drug-likeness (QED) is 0.741. The number of hydrogen-bond donors (Lipinski definition) is 0. The summed E-state index contributed by atoms with van der Waals surface area (Å²) in [5.41, 5.74) is 1.20. The molecule has 1 aromatic rings. The molecule has 0 radical (unpaired) electrons. The summed E-state index contributed by atoms with van der Waals surface area (Å²) in [5.74, 6) is 0.355. The second-order valence-corrected chi connectivity index (χ2v) is 4.75. The van der Waals surface area contributed by atoms with E-state index in [9.17, 15) is 0 Å². The van der Waals surface area contributed by atoms with Gasteiger partial charge in [-0.15, -0.1) is 0 Å². The fourth-order valence-corrected chi connectivity index (χ4v) is 2.38. The summed E-state index contributed by atoms with van der Waals surface area (Å²) < 4.78 is 10.6. The third kappa shape index (κ3) is 2.89. The summed E-state index contributed by atoms with van der Waals surface area (Å²) in [4.78, 5) is 0. The van der Waals surface area contributed by atoms with Gasteiger partial charge < -0.3 is 9.47 Å². The molecule has 0 N–H and O–H groups in total. The number of ether oxygens (including phenoxy) is 2. The van der Waals surface area contributed by atoms with Crippen molar-refractivity contribution in [1.29, 1.82) is 0 Å². The molecule has 0 unspecified atom stereocenters. The standard InChI is InChI=1S/C16H20O2/c1-17-12-16(13-18-2)10-8-15(9-11-16)14-6-4-3-5-7-14/h3-11,15H,12-13H2,1-2H3. The summed E-state index contributed by atoms with van der Waals surface area (Å²) in [6.07, 6.45) is 8.87. The minimum atomic E-state index is -0.116. The average Bonchev–Trinajstić information content (AvgIpc) is 2.41. The molecular weight excluding hydrogens is 224 g/mol. The molecule has 0 spiro atoms. The van der Waals surface area contributed by atoms with Crippen molar-refractivity contribution in [3.05, 3.63) is 60.2 Å². The van der Waals surface area contributed by atoms with E-state index in [1.165, 1.54) is 5.56 Å². The SMILES string of the molecule is COCC1(COC)C=CC(c2ccccc2)C=C1. The van der Waals surface area contributed by atoms with Crippen LogP contribution in [0.25, 0.3) is 0 Å². The Morgan fingerprint density at radius 3 is 2.00 bits per heavy atom. The molecule has 0 saturated carbocycles. The van der Waals surface area contributed by atoms with Gasteiger partial charge in [-0.05, 0) is 5.56 Å². The van der Waals surface area contributed by atoms with Gasteiger partial charge in [-0.3, -0.25) is 0 Å². The van der Waals surface area contributed by atoms with Crippen molar-refractivity contribution in [3.8, 4) is 0 Å². The molecule has 2 heteroatoms. The Hall–Kier alpha value is -1.38. The first-order chi connectivity index (χ1) is 8.79. The molecule has 1 aliphatic rings. The Morgan fingerprint density at radius 1 is 0.944 bits per heavy atom. The lowest BCUT2D eigenvalue weighted by molar-refractivity contribution is 0.0666. The van der Waals surface area contributed by atoms with Gasteiger partial charge in [0.25, 0.3) is 0 Å². The van der Waals surface area contributed by atoms with E-state index >= 15 is 0 Å². The lowest BCUT2D eigenvalue weighted by atomic mass is 9.81. The summed E-state index contributed by atoms with van der Waals surface area (Å²) in [5, 5.41) is 0. The first-order valence-electron chi connectivity index (χ1n) is 6.21. The minimum absolute atomic E-state index is 0.116. The monoisotopic (exact) mass is 244 g/mol. The van der Waals surface area contributed by atoms with Crippen molar-refractivity contribution in [2.24, 2.45) is 5.41 Å². The van der Waals surface area contributed by atoms with Gasteiger partial charge in [-0.2, -0.15) is 0 Å². The molecule has 0 heterocycles. The normalized spacial score (nSPS) is 18.1. The number of methoxy groups -OCH3 is 2. The lowest BCUT2D eigenvalue weighted by Gasteiger charge is -2.29. The number of benzene rings is 1. The number of hydrogen-bond acceptors (Lipinski definition) is 2. The van der Waals surface area contributed by atoms with Crippen molar-refractivity contribution >= 4 is 0 Å². The van der Waals surface area contributed by atoms with Gasteiger partial charge in [0.2, 0.25) is 0 Å². The maximum atomic E-state index is 5.30. The van der Waals surface area contributed by atoms with E-state index in [2.05, 4.69) is 48.6 Å². The molecule has 0 aliphatic heterocycles. The van der Waals surface area contributed by atoms with Crippen LogP contribution in [-0.2, 0) is 9.47 Å². The predicted octanol–water partition coefficient (Wildman–Crippen LogP) is 3.18. The highest BCUT2D eigenvalue weighted by atomic mass is 16.5. The molecule has 1 aromatic carbocycles. The van der Waals surface area contributed by atoms with Crippen molar-refractivity contribution in [2.45, 2.75) is 5.92 Å². The average molecular weight is 244 g/mol. The largest absolute Gasteiger partial charge is 0.383 e. The van der Waals surface area contributed by atoms with Crippen LogP contribution in [0, 0.1) is 5.41 Å². The molecule has 18 heavy (non-hydrogen) atoms. The van der Waals surface area contributed by atoms with Crippen molar-refractivity contribution in [2.75, 3.05) is 27.4 Å². The van der Waals surface area contributed by atoms with Crippen molar-refractivity contribution in [3.63, 3.8) is 0 Å². The fourth-order valence-electron chi connectivity index (χ4n) is 2.38. The molecule has 2 rings (SSSR count). The van der Waals surface area contributed by atoms with Crippen molar-refractivity contribution < 1.29 is 9.47 Å². The van der Waals surface area contributed by atoms with Gasteiger partial charge in [0.05, 0.1) is 18.6 Å². The minimum Gasteiger partial charge on any atom is -0.383 e. The third-order valence-corrected chi connectivity index (χ3v) is 3.28. The van der Waals surface area contributed by atoms with Crippen LogP contribution in [0.3, 0.4) is 0 Å². The highest BCUT2D eigenvalue weighted by Gasteiger charge is 2.27. The Bertz CT molecular complexity index is 398. The van der Waals surface area contributed by atoms with E-state index in [0.29, 0.717) is 19.1 Å². The maximum absolute atomic E-state index is 5.30. The van der Waals surface area contributed by atoms with Crippen LogP contribution in [0.2, 0.25) is 0 Å². The van der Waals surface area contributed by atoms with Crippen molar-refractivity contribution in [1.82, 2.24) is 0 Å². The summed E-state index contributed by atoms with van der Waals surface area (Å²) in [6.45, 7) is 1.30. The van der Waals surface area contributed by atoms with Gasteiger partial charge in [0, 0.05) is 20.1 Å². The lowest BCUT2D eigenvalue weighted by Crippen LogP contribution is -2.29. The predicted molar refractivity (Wildman–Crippen MR) is 73.6 cm³/mol. The summed E-state index contributed by atoms with van der Waals surface area (Å²) in [7, 11) is 3.45. The highest BCUT2D eigenvalue weighted by molar-refractivity contribution is 5.34. The molecular formula is C16H20O2. The van der Waals surface area contributed by atoms with E-state index in [1.807, 2.05) is 6.07 Å². The van der Waals surface area contributed by atoms with Gasteiger partial charge in [-0.25, -0.2) is 0 Å². The zero-order chi connectivity index (χ0) is 12.8. The maximum Gasteiger partial charge on any atom is 0.0610 e. The third-order valence-electron chi connectivity index (χ3n) is 3.28. The summed E-state index contributed by atoms with van der Waals surface area (Å²) >= 11 is 0. The molecule has 0 atom stereocenters. The van der Waals surface area contributed by atoms with Crippen LogP contribution in [0.4, 0.5) is 0 Å². The van der Waals surface area contributed by atoms with Crippen LogP contribution in [0.15, 0.2) is 54.6 Å². The summed E-state index contributed by atoms with van der Waals surface area (Å²) in [6, 6.07) is 10.5. The van der Waals surface area contributed by atoms with Crippen LogP contribution in [0.5, 0.6) is 0 Å². The zero-order valence-electron chi connectivity index (χ0n) is 11.0. The Kier molecular flexibility index (Phi) is 4.34. The molecule has 0 amide bonds. The van der Waals surface area contributed by atoms with Gasteiger partial charge in [-0.1, -0.05) is 54.6 Å². The smallest absolute Gasteiger partial charge is 0.0610 e. The fraction of sp³-hybridized carbons (Fsp3) is 0.375. The van der Waals surface area contributed by atoms with E-state index in [4.69, 9.17) is 9.47 Å². The van der Waals surface area contributed by atoms with Crippen LogP contribution < -0.4 is 0 Å². The van der Waals surface area contributed by atoms with Gasteiger partial charge >= 0.3 is 0 Å². The van der Waals surface area contributed by atoms with Crippen LogP contribution in [-0.4, -0.2) is 27.4 Å². The van der Waals surface area contributed by atoms with E-state index in [0.717, 1.165) is 0 Å². The zero-order valence-corrected chi connectivity index (χ0v) is 11.0. The molecule has 0 saturated heterocycles. The second kappa shape index (κ2) is 5.98. The molecule has 1 aliphatic carbocycles. The van der Waals surface area contributed by atoms with E-state index < -0.39 is 0 Å². The Balaban J connectivity index is 2.14. The molecule has 2 nitrogen and oxygen atoms in total. The van der Waals surface area contributed by atoms with E-state index in [-0.39, 0.29) is 5.41 Å². The molecule has 0 bridgehead atoms. The van der Waals surface area contributed by atoms with Gasteiger partial charge in [0.1, 0.15) is 0 Å². The molecule has 96 valence electrons. The van der Waals surface area contributed by atoms with Gasteiger partial charge in [0.15, 0.2) is 0 Å². The Labute approximate surface area is 109 Å². The highest BCUT2D eigenvalue weighted by Crippen LogP contribution is 2.32. The van der Waals surface area contributed by atoms with E-state index in [1.54, 1.807) is 14.2 Å². The topological polar surface area (TPSA) is 18.5 Å². The number of allylic oxidation sites excluding steroid dienone is 2. The first kappa shape index (κ1) is 13.1.